The number of nitrogens with one attached hydrogen (secondary N) is 1. The van der Waals surface area contributed by atoms with Gasteiger partial charge in [-0.15, -0.1) is 11.3 Å². The van der Waals surface area contributed by atoms with E-state index in [0.29, 0.717) is 23.6 Å². The molecule has 0 unspecified atom stereocenters. The van der Waals surface area contributed by atoms with E-state index in [1.165, 1.54) is 11.3 Å². The highest BCUT2D eigenvalue weighted by Crippen LogP contribution is 2.41. The number of esters is 1. The van der Waals surface area contributed by atoms with Crippen molar-refractivity contribution in [3.63, 3.8) is 0 Å². The third-order valence-corrected chi connectivity index (χ3v) is 4.89. The summed E-state index contributed by atoms with van der Waals surface area (Å²) in [5, 5.41) is 3.44. The predicted octanol–water partition coefficient (Wildman–Crippen LogP) is 5.28. The average molecular weight is 390 g/mol. The lowest BCUT2D eigenvalue weighted by molar-refractivity contribution is -0.116. The van der Waals surface area contributed by atoms with Crippen LogP contribution in [0.15, 0.2) is 24.3 Å². The highest BCUT2D eigenvalue weighted by atomic mass is 32.1. The van der Waals surface area contributed by atoms with Gasteiger partial charge in [-0.05, 0) is 44.4 Å². The number of hydrogen-bond acceptors (Lipinski definition) is 5. The van der Waals surface area contributed by atoms with Crippen LogP contribution in [-0.2, 0) is 9.53 Å². The second-order valence-corrected chi connectivity index (χ2v) is 7.79. The summed E-state index contributed by atoms with van der Waals surface area (Å²) in [4.78, 5) is 25.9. The fourth-order valence-corrected chi connectivity index (χ4v) is 3.89. The van der Waals surface area contributed by atoms with Crippen molar-refractivity contribution in [3.05, 3.63) is 34.7 Å². The van der Waals surface area contributed by atoms with E-state index in [1.54, 1.807) is 6.92 Å². The zero-order valence-electron chi connectivity index (χ0n) is 16.5. The molecule has 1 aromatic carbocycles. The number of aryl methyl sites for hydroxylation is 1. The van der Waals surface area contributed by atoms with Crippen LogP contribution in [0.2, 0.25) is 0 Å². The molecule has 2 aromatic rings. The Morgan fingerprint density at radius 1 is 1.11 bits per heavy atom. The van der Waals surface area contributed by atoms with Gasteiger partial charge in [-0.1, -0.05) is 26.0 Å². The third-order valence-electron chi connectivity index (χ3n) is 3.86. The molecule has 0 aliphatic rings. The zero-order chi connectivity index (χ0) is 20.0. The van der Waals surface area contributed by atoms with Crippen molar-refractivity contribution in [2.24, 2.45) is 5.92 Å². The maximum Gasteiger partial charge on any atom is 0.341 e. The average Bonchev–Trinajstić information content (AvgIpc) is 2.91. The van der Waals surface area contributed by atoms with Gasteiger partial charge in [0, 0.05) is 16.9 Å². The molecule has 5 nitrogen and oxygen atoms in total. The molecule has 0 bridgehead atoms. The van der Waals surface area contributed by atoms with E-state index in [-0.39, 0.29) is 18.4 Å². The van der Waals surface area contributed by atoms with Crippen molar-refractivity contribution in [1.29, 1.82) is 0 Å². The number of carbonyl (C=O) groups is 2. The first kappa shape index (κ1) is 21.0. The minimum Gasteiger partial charge on any atom is -0.494 e. The van der Waals surface area contributed by atoms with E-state index in [4.69, 9.17) is 9.47 Å². The molecule has 1 amide bonds. The van der Waals surface area contributed by atoms with Crippen LogP contribution < -0.4 is 10.1 Å². The molecular weight excluding hydrogens is 362 g/mol. The van der Waals surface area contributed by atoms with Crippen molar-refractivity contribution >= 4 is 28.2 Å². The molecule has 1 aromatic heterocycles. The molecule has 0 radical (unpaired) electrons. The Morgan fingerprint density at radius 3 is 2.33 bits per heavy atom. The van der Waals surface area contributed by atoms with Crippen molar-refractivity contribution in [1.82, 2.24) is 0 Å². The van der Waals surface area contributed by atoms with Crippen molar-refractivity contribution in [2.75, 3.05) is 18.5 Å². The van der Waals surface area contributed by atoms with E-state index in [2.05, 4.69) is 5.32 Å². The molecule has 1 N–H and O–H groups in total. The molecule has 2 rings (SSSR count). The lowest BCUT2D eigenvalue weighted by atomic mass is 10.0. The summed E-state index contributed by atoms with van der Waals surface area (Å²) in [6.07, 6.45) is 0.400. The third kappa shape index (κ3) is 5.32. The minimum atomic E-state index is -0.425. The Balaban J connectivity index is 2.46. The van der Waals surface area contributed by atoms with Gasteiger partial charge in [-0.25, -0.2) is 4.79 Å². The van der Waals surface area contributed by atoms with Gasteiger partial charge in [0.2, 0.25) is 5.91 Å². The summed E-state index contributed by atoms with van der Waals surface area (Å²) in [7, 11) is 0. The van der Waals surface area contributed by atoms with Crippen LogP contribution in [0.3, 0.4) is 0 Å². The Morgan fingerprint density at radius 2 is 1.78 bits per heavy atom. The second kappa shape index (κ2) is 9.55. The van der Waals surface area contributed by atoms with Crippen LogP contribution in [0.25, 0.3) is 11.1 Å². The highest BCUT2D eigenvalue weighted by molar-refractivity contribution is 7.17. The van der Waals surface area contributed by atoms with Gasteiger partial charge in [0.15, 0.2) is 0 Å². The topological polar surface area (TPSA) is 64.6 Å². The molecular formula is C21H27NO4S. The molecule has 0 saturated heterocycles. The highest BCUT2D eigenvalue weighted by Gasteiger charge is 2.25. The number of hydrogen-bond donors (Lipinski definition) is 1. The first-order valence-electron chi connectivity index (χ1n) is 9.20. The fourth-order valence-electron chi connectivity index (χ4n) is 2.81. The second-order valence-electron chi connectivity index (χ2n) is 6.56. The summed E-state index contributed by atoms with van der Waals surface area (Å²) in [6, 6.07) is 7.59. The van der Waals surface area contributed by atoms with E-state index in [1.807, 2.05) is 52.0 Å². The van der Waals surface area contributed by atoms with Crippen LogP contribution in [0.5, 0.6) is 5.75 Å². The first-order valence-corrected chi connectivity index (χ1v) is 10.0. The lowest BCUT2D eigenvalue weighted by Gasteiger charge is -2.10. The molecule has 1 heterocycles. The Bertz CT molecular complexity index is 793. The van der Waals surface area contributed by atoms with Gasteiger partial charge in [-0.2, -0.15) is 0 Å². The Labute approximate surface area is 164 Å². The van der Waals surface area contributed by atoms with Gasteiger partial charge < -0.3 is 14.8 Å². The van der Waals surface area contributed by atoms with Crippen molar-refractivity contribution in [2.45, 2.75) is 41.0 Å². The molecule has 6 heteroatoms. The fraction of sp³-hybridized carbons (Fsp3) is 0.429. The number of ether oxygens (including phenoxy) is 2. The van der Waals surface area contributed by atoms with Crippen LogP contribution in [0.4, 0.5) is 5.00 Å². The maximum absolute atomic E-state index is 12.7. The van der Waals surface area contributed by atoms with Crippen molar-refractivity contribution in [3.8, 4) is 16.9 Å². The number of amides is 1. The first-order chi connectivity index (χ1) is 12.9. The molecule has 0 aliphatic heterocycles. The van der Waals surface area contributed by atoms with Gasteiger partial charge in [0.05, 0.1) is 13.2 Å². The largest absolute Gasteiger partial charge is 0.494 e. The normalized spacial score (nSPS) is 10.7. The molecule has 0 fully saturated rings. The van der Waals surface area contributed by atoms with Crippen LogP contribution in [0.1, 0.15) is 49.4 Å². The predicted molar refractivity (Wildman–Crippen MR) is 110 cm³/mol. The summed E-state index contributed by atoms with van der Waals surface area (Å²) in [5.41, 5.74) is 2.10. The molecule has 0 atom stereocenters. The molecule has 0 saturated carbocycles. The number of benzene rings is 1. The number of thiophene rings is 1. The van der Waals surface area contributed by atoms with Crippen LogP contribution in [0, 0.1) is 12.8 Å². The van der Waals surface area contributed by atoms with Gasteiger partial charge in [0.25, 0.3) is 0 Å². The van der Waals surface area contributed by atoms with Crippen molar-refractivity contribution < 1.29 is 19.1 Å². The van der Waals surface area contributed by atoms with Gasteiger partial charge in [-0.3, -0.25) is 4.79 Å². The Kier molecular flexibility index (Phi) is 7.42. The summed E-state index contributed by atoms with van der Waals surface area (Å²) in [5.74, 6) is 0.487. The zero-order valence-corrected chi connectivity index (χ0v) is 17.4. The minimum absolute atomic E-state index is 0.102. The molecule has 0 spiro atoms. The van der Waals surface area contributed by atoms with Gasteiger partial charge >= 0.3 is 5.97 Å². The van der Waals surface area contributed by atoms with Gasteiger partial charge in [0.1, 0.15) is 16.3 Å². The summed E-state index contributed by atoms with van der Waals surface area (Å²) in [6.45, 7) is 10.5. The number of carbonyl (C=O) groups excluding carboxylic acids is 2. The SMILES string of the molecule is CCOC(=O)c1c(NC(=O)CC(C)C)sc(C)c1-c1ccc(OCC)cc1. The lowest BCUT2D eigenvalue weighted by Crippen LogP contribution is -2.16. The standard InChI is InChI=1S/C21H27NO4S/c1-6-25-16-10-8-15(9-11-16)18-14(5)27-20(19(18)21(24)26-7-2)22-17(23)12-13(3)4/h8-11,13H,6-7,12H2,1-5H3,(H,22,23). The van der Waals surface area contributed by atoms with Crippen LogP contribution >= 0.6 is 11.3 Å². The molecule has 27 heavy (non-hydrogen) atoms. The maximum atomic E-state index is 12.7. The number of rotatable bonds is 8. The Hall–Kier alpha value is -2.34. The smallest absolute Gasteiger partial charge is 0.341 e. The molecule has 0 aliphatic carbocycles. The monoisotopic (exact) mass is 389 g/mol. The number of anilines is 1. The van der Waals surface area contributed by atoms with E-state index in [9.17, 15) is 9.59 Å². The quantitative estimate of drug-likeness (QED) is 0.624. The van der Waals surface area contributed by atoms with Crippen LogP contribution in [-0.4, -0.2) is 25.1 Å². The molecule has 146 valence electrons. The van der Waals surface area contributed by atoms with E-state index in [0.717, 1.165) is 21.8 Å². The van der Waals surface area contributed by atoms with E-state index < -0.39 is 5.97 Å². The van der Waals surface area contributed by atoms with E-state index >= 15 is 0 Å². The summed E-state index contributed by atoms with van der Waals surface area (Å²) >= 11 is 1.40. The summed E-state index contributed by atoms with van der Waals surface area (Å²) < 4.78 is 10.8.